The summed E-state index contributed by atoms with van der Waals surface area (Å²) in [5.41, 5.74) is 3.26. The number of benzene rings is 2. The van der Waals surface area contributed by atoms with E-state index in [2.05, 4.69) is 11.1 Å². The summed E-state index contributed by atoms with van der Waals surface area (Å²) in [5, 5.41) is 9.63. The van der Waals surface area contributed by atoms with Gasteiger partial charge in [0, 0.05) is 22.7 Å². The third-order valence-corrected chi connectivity index (χ3v) is 3.79. The van der Waals surface area contributed by atoms with Gasteiger partial charge in [-0.3, -0.25) is 0 Å². The first-order chi connectivity index (χ1) is 11.7. The number of nitriles is 1. The molecule has 118 valence electrons. The first-order valence-corrected chi connectivity index (χ1v) is 7.93. The van der Waals surface area contributed by atoms with Gasteiger partial charge < -0.3 is 4.74 Å². The summed E-state index contributed by atoms with van der Waals surface area (Å²) in [6, 6.07) is 23.0. The van der Waals surface area contributed by atoms with E-state index in [-0.39, 0.29) is 0 Å². The minimum absolute atomic E-state index is 0.404. The summed E-state index contributed by atoms with van der Waals surface area (Å²) in [4.78, 5) is 4.32. The Morgan fingerprint density at radius 2 is 1.83 bits per heavy atom. The van der Waals surface area contributed by atoms with Gasteiger partial charge in [-0.2, -0.15) is 5.26 Å². The van der Waals surface area contributed by atoms with E-state index < -0.39 is 0 Å². The Hall–Kier alpha value is -2.83. The quantitative estimate of drug-likeness (QED) is 0.674. The molecule has 0 bridgehead atoms. The maximum atomic E-state index is 8.98. The minimum Gasteiger partial charge on any atom is -0.489 e. The van der Waals surface area contributed by atoms with Gasteiger partial charge in [0.25, 0.3) is 0 Å². The van der Waals surface area contributed by atoms with Gasteiger partial charge in [0.2, 0.25) is 0 Å². The summed E-state index contributed by atoms with van der Waals surface area (Å²) in [6.45, 7) is 0.487. The summed E-state index contributed by atoms with van der Waals surface area (Å²) in [7, 11) is 0. The average Bonchev–Trinajstić information content (AvgIpc) is 2.62. The average molecular weight is 335 g/mol. The standard InChI is InChI=1S/C20H15ClN2O/c21-17-9-10-20(24-14-15-5-2-1-3-6-15)16(11-17)12-18-7-4-8-19(13-22)23-18/h1-11H,12,14H2. The van der Waals surface area contributed by atoms with Crippen molar-refractivity contribution >= 4 is 11.6 Å². The van der Waals surface area contributed by atoms with E-state index in [1.54, 1.807) is 6.07 Å². The zero-order valence-corrected chi connectivity index (χ0v) is 13.7. The molecule has 2 aromatic carbocycles. The van der Waals surface area contributed by atoms with Crippen molar-refractivity contribution in [3.63, 3.8) is 0 Å². The van der Waals surface area contributed by atoms with Crippen LogP contribution in [-0.2, 0) is 13.0 Å². The first kappa shape index (κ1) is 16.0. The van der Waals surface area contributed by atoms with E-state index in [1.165, 1.54) is 0 Å². The predicted octanol–water partition coefficient (Wildman–Crippen LogP) is 4.78. The van der Waals surface area contributed by atoms with Crippen LogP contribution in [0, 0.1) is 11.3 Å². The Morgan fingerprint density at radius 1 is 1.00 bits per heavy atom. The van der Waals surface area contributed by atoms with Gasteiger partial charge in [0.15, 0.2) is 0 Å². The molecule has 0 saturated carbocycles. The lowest BCUT2D eigenvalue weighted by Crippen LogP contribution is -2.01. The summed E-state index contributed by atoms with van der Waals surface area (Å²) >= 11 is 6.13. The van der Waals surface area contributed by atoms with Crippen LogP contribution in [0.1, 0.15) is 22.5 Å². The Morgan fingerprint density at radius 3 is 2.62 bits per heavy atom. The number of rotatable bonds is 5. The molecule has 0 radical (unpaired) electrons. The summed E-state index contributed by atoms with van der Waals surface area (Å²) in [6.07, 6.45) is 0.556. The van der Waals surface area contributed by atoms with Crippen LogP contribution in [0.4, 0.5) is 0 Å². The molecular formula is C20H15ClN2O. The van der Waals surface area contributed by atoms with E-state index in [9.17, 15) is 0 Å². The summed E-state index contributed by atoms with van der Waals surface area (Å²) < 4.78 is 5.96. The molecule has 4 heteroatoms. The maximum Gasteiger partial charge on any atom is 0.140 e. The molecule has 0 spiro atoms. The molecule has 0 unspecified atom stereocenters. The molecular weight excluding hydrogens is 320 g/mol. The van der Waals surface area contributed by atoms with Gasteiger partial charge in [-0.25, -0.2) is 4.98 Å². The van der Waals surface area contributed by atoms with E-state index in [0.29, 0.717) is 23.7 Å². The smallest absolute Gasteiger partial charge is 0.140 e. The fourth-order valence-corrected chi connectivity index (χ4v) is 2.59. The molecule has 0 saturated heterocycles. The number of aromatic nitrogens is 1. The van der Waals surface area contributed by atoms with Crippen molar-refractivity contribution in [3.8, 4) is 11.8 Å². The molecule has 0 atom stereocenters. The molecule has 3 nitrogen and oxygen atoms in total. The predicted molar refractivity (Wildman–Crippen MR) is 94.0 cm³/mol. The second-order valence-corrected chi connectivity index (χ2v) is 5.77. The normalized spacial score (nSPS) is 10.2. The lowest BCUT2D eigenvalue weighted by Gasteiger charge is -2.12. The molecule has 1 aromatic heterocycles. The molecule has 1 heterocycles. The molecule has 0 fully saturated rings. The molecule has 0 aliphatic heterocycles. The molecule has 0 aliphatic rings. The Labute approximate surface area is 146 Å². The van der Waals surface area contributed by atoms with Crippen LogP contribution in [0.2, 0.25) is 5.02 Å². The largest absolute Gasteiger partial charge is 0.489 e. The molecule has 0 aliphatic carbocycles. The van der Waals surface area contributed by atoms with Crippen molar-refractivity contribution in [2.75, 3.05) is 0 Å². The van der Waals surface area contributed by atoms with Crippen molar-refractivity contribution in [1.82, 2.24) is 4.98 Å². The number of nitrogens with zero attached hydrogens (tertiary/aromatic N) is 2. The molecule has 24 heavy (non-hydrogen) atoms. The van der Waals surface area contributed by atoms with Gasteiger partial charge in [0.1, 0.15) is 24.1 Å². The Kier molecular flexibility index (Phi) is 5.10. The summed E-state index contributed by atoms with van der Waals surface area (Å²) in [5.74, 6) is 0.771. The monoisotopic (exact) mass is 334 g/mol. The van der Waals surface area contributed by atoms with Crippen molar-refractivity contribution in [2.45, 2.75) is 13.0 Å². The van der Waals surface area contributed by atoms with Gasteiger partial charge in [0.05, 0.1) is 0 Å². The van der Waals surface area contributed by atoms with E-state index in [1.807, 2.05) is 60.7 Å². The van der Waals surface area contributed by atoms with Crippen LogP contribution in [0.5, 0.6) is 5.75 Å². The number of halogens is 1. The highest BCUT2D eigenvalue weighted by atomic mass is 35.5. The second kappa shape index (κ2) is 7.63. The third-order valence-electron chi connectivity index (χ3n) is 3.55. The minimum atomic E-state index is 0.404. The van der Waals surface area contributed by atoms with Crippen molar-refractivity contribution in [1.29, 1.82) is 5.26 Å². The van der Waals surface area contributed by atoms with Crippen molar-refractivity contribution in [2.24, 2.45) is 0 Å². The van der Waals surface area contributed by atoms with Crippen LogP contribution >= 0.6 is 11.6 Å². The van der Waals surface area contributed by atoms with Crippen LogP contribution < -0.4 is 4.74 Å². The highest BCUT2D eigenvalue weighted by Gasteiger charge is 2.08. The lowest BCUT2D eigenvalue weighted by molar-refractivity contribution is 0.303. The lowest BCUT2D eigenvalue weighted by atomic mass is 10.1. The fraction of sp³-hybridized carbons (Fsp3) is 0.100. The van der Waals surface area contributed by atoms with Crippen molar-refractivity contribution in [3.05, 3.63) is 94.3 Å². The maximum absolute atomic E-state index is 8.98. The van der Waals surface area contributed by atoms with Crippen molar-refractivity contribution < 1.29 is 4.74 Å². The van der Waals surface area contributed by atoms with E-state index in [0.717, 1.165) is 22.6 Å². The van der Waals surface area contributed by atoms with Crippen LogP contribution in [-0.4, -0.2) is 4.98 Å². The number of hydrogen-bond acceptors (Lipinski definition) is 3. The topological polar surface area (TPSA) is 45.9 Å². The molecule has 0 amide bonds. The number of ether oxygens (including phenoxy) is 1. The Bertz CT molecular complexity index is 872. The highest BCUT2D eigenvalue weighted by Crippen LogP contribution is 2.26. The first-order valence-electron chi connectivity index (χ1n) is 7.56. The van der Waals surface area contributed by atoms with Gasteiger partial charge in [-0.05, 0) is 35.9 Å². The Balaban J connectivity index is 1.81. The van der Waals surface area contributed by atoms with Gasteiger partial charge in [-0.1, -0.05) is 48.0 Å². The van der Waals surface area contributed by atoms with Crippen LogP contribution in [0.15, 0.2) is 66.7 Å². The SMILES string of the molecule is N#Cc1cccc(Cc2cc(Cl)ccc2OCc2ccccc2)n1. The zero-order valence-electron chi connectivity index (χ0n) is 12.9. The number of pyridine rings is 1. The molecule has 0 N–H and O–H groups in total. The molecule has 3 rings (SSSR count). The van der Waals surface area contributed by atoms with Crippen LogP contribution in [0.3, 0.4) is 0 Å². The van der Waals surface area contributed by atoms with E-state index in [4.69, 9.17) is 21.6 Å². The van der Waals surface area contributed by atoms with Gasteiger partial charge in [-0.15, -0.1) is 0 Å². The van der Waals surface area contributed by atoms with Crippen LogP contribution in [0.25, 0.3) is 0 Å². The fourth-order valence-electron chi connectivity index (χ4n) is 2.40. The van der Waals surface area contributed by atoms with Gasteiger partial charge >= 0.3 is 0 Å². The third kappa shape index (κ3) is 4.13. The van der Waals surface area contributed by atoms with E-state index >= 15 is 0 Å². The highest BCUT2D eigenvalue weighted by molar-refractivity contribution is 6.30. The second-order valence-electron chi connectivity index (χ2n) is 5.33. The zero-order chi connectivity index (χ0) is 16.8. The number of hydrogen-bond donors (Lipinski definition) is 0. The molecule has 3 aromatic rings.